The number of imidazole rings is 1. The highest BCUT2D eigenvalue weighted by Gasteiger charge is 2.20. The molecule has 5 aromatic rings. The normalized spacial score (nSPS) is 11.3. The fourth-order valence-corrected chi connectivity index (χ4v) is 6.34. The van der Waals surface area contributed by atoms with E-state index >= 15 is 0 Å². The fraction of sp³-hybridized carbons (Fsp3) is 0.477. The van der Waals surface area contributed by atoms with E-state index < -0.39 is 0 Å². The van der Waals surface area contributed by atoms with Gasteiger partial charge in [0.15, 0.2) is 34.5 Å². The number of unbranched alkanes of at least 4 members (excludes halogenated alkanes) is 3. The molecule has 0 aliphatic heterocycles. The van der Waals surface area contributed by atoms with Crippen LogP contribution in [-0.4, -0.2) is 44.2 Å². The second kappa shape index (κ2) is 19.9. The number of rotatable bonds is 24. The summed E-state index contributed by atoms with van der Waals surface area (Å²) in [4.78, 5) is 0. The van der Waals surface area contributed by atoms with Crippen molar-refractivity contribution in [2.24, 2.45) is 0 Å². The van der Waals surface area contributed by atoms with Crippen molar-refractivity contribution in [1.82, 2.24) is 4.57 Å². The number of aryl methyl sites for hydroxylation is 1. The number of fused-ring (bicyclic) bond motifs is 6. The highest BCUT2D eigenvalue weighted by Crippen LogP contribution is 2.47. The van der Waals surface area contributed by atoms with Gasteiger partial charge in [-0.2, -0.15) is 0 Å². The summed E-state index contributed by atoms with van der Waals surface area (Å²) in [5, 5.41) is 6.39. The second-order valence-electron chi connectivity index (χ2n) is 13.3. The van der Waals surface area contributed by atoms with Crippen LogP contribution in [0.4, 0.5) is 0 Å². The number of hydrogen-bond donors (Lipinski definition) is 0. The maximum absolute atomic E-state index is 6.55. The molecule has 1 aromatic heterocycles. The molecule has 0 bridgehead atoms. The standard InChI is InChI=1S/C44H59N2O6/c1-7-20-47-39-26-33-34-27-40(48-21-8-2)42(50-23-10-4)29-36(34)38-31-44(52-25-16-14-13-15-17-46-19-18-45(12-6)32-46)43(51-24-11-5)30-37(38)35(33)28-41(39)49-22-9-3/h12,18-19,26-32H,6-11,13-17,20-25H2,1-5H3/q+1. The Balaban J connectivity index is 1.57. The van der Waals surface area contributed by atoms with Crippen LogP contribution in [-0.2, 0) is 6.54 Å². The number of hydrogen-bond acceptors (Lipinski definition) is 6. The molecule has 0 atom stereocenters. The van der Waals surface area contributed by atoms with Gasteiger partial charge in [-0.15, -0.1) is 0 Å². The summed E-state index contributed by atoms with van der Waals surface area (Å²) < 4.78 is 42.3. The lowest BCUT2D eigenvalue weighted by molar-refractivity contribution is -0.696. The van der Waals surface area contributed by atoms with Gasteiger partial charge in [-0.25, -0.2) is 9.13 Å². The van der Waals surface area contributed by atoms with Gasteiger partial charge in [-0.1, -0.05) is 41.2 Å². The van der Waals surface area contributed by atoms with Gasteiger partial charge < -0.3 is 28.4 Å². The summed E-state index contributed by atoms with van der Waals surface area (Å²) in [6, 6.07) is 12.9. The molecule has 0 unspecified atom stereocenters. The highest BCUT2D eigenvalue weighted by molar-refractivity contribution is 6.26. The number of nitrogens with zero attached hydrogens (tertiary/aromatic N) is 2. The third kappa shape index (κ3) is 9.64. The van der Waals surface area contributed by atoms with Gasteiger partial charge >= 0.3 is 0 Å². The third-order valence-corrected chi connectivity index (χ3v) is 8.92. The van der Waals surface area contributed by atoms with E-state index in [2.05, 4.69) is 94.7 Å². The highest BCUT2D eigenvalue weighted by atomic mass is 16.5. The largest absolute Gasteiger partial charge is 0.490 e. The molecule has 4 aromatic carbocycles. The van der Waals surface area contributed by atoms with E-state index in [4.69, 9.17) is 28.4 Å². The Labute approximate surface area is 310 Å². The van der Waals surface area contributed by atoms with Gasteiger partial charge in [0.1, 0.15) is 12.4 Å². The maximum atomic E-state index is 6.55. The Bertz CT molecular complexity index is 1850. The van der Waals surface area contributed by atoms with Crippen LogP contribution in [0.15, 0.2) is 61.7 Å². The molecule has 52 heavy (non-hydrogen) atoms. The molecule has 8 heteroatoms. The van der Waals surface area contributed by atoms with Crippen LogP contribution in [0, 0.1) is 0 Å². The van der Waals surface area contributed by atoms with Crippen LogP contribution >= 0.6 is 0 Å². The molecule has 8 nitrogen and oxygen atoms in total. The van der Waals surface area contributed by atoms with Crippen LogP contribution in [0.3, 0.4) is 0 Å². The van der Waals surface area contributed by atoms with Crippen LogP contribution in [0.1, 0.15) is 92.4 Å². The summed E-state index contributed by atoms with van der Waals surface area (Å²) in [5.41, 5.74) is 0. The van der Waals surface area contributed by atoms with Gasteiger partial charge in [-0.05, 0) is 127 Å². The molecule has 0 fully saturated rings. The lowest BCUT2D eigenvalue weighted by Crippen LogP contribution is -2.30. The minimum atomic E-state index is 0.603. The van der Waals surface area contributed by atoms with Crippen molar-refractivity contribution >= 4 is 38.5 Å². The molecule has 1 heterocycles. The van der Waals surface area contributed by atoms with Crippen LogP contribution in [0.5, 0.6) is 34.5 Å². The predicted molar refractivity (Wildman–Crippen MR) is 213 cm³/mol. The number of benzene rings is 4. The first kappa shape index (κ1) is 38.6. The van der Waals surface area contributed by atoms with Gasteiger partial charge in [0.25, 0.3) is 0 Å². The van der Waals surface area contributed by atoms with E-state index in [9.17, 15) is 0 Å². The van der Waals surface area contributed by atoms with Crippen LogP contribution in [0.25, 0.3) is 38.5 Å². The Kier molecular flexibility index (Phi) is 14.8. The van der Waals surface area contributed by atoms with Gasteiger partial charge in [-0.3, -0.25) is 0 Å². The van der Waals surface area contributed by atoms with Crippen molar-refractivity contribution in [3.8, 4) is 34.5 Å². The topological polar surface area (TPSA) is 64.2 Å². The molecule has 0 amide bonds. The Morgan fingerprint density at radius 1 is 0.481 bits per heavy atom. The molecule has 280 valence electrons. The zero-order chi connectivity index (χ0) is 36.7. The van der Waals surface area contributed by atoms with Gasteiger partial charge in [0, 0.05) is 0 Å². The summed E-state index contributed by atoms with van der Waals surface area (Å²) >= 11 is 0. The Morgan fingerprint density at radius 2 is 0.808 bits per heavy atom. The van der Waals surface area contributed by atoms with Crippen LogP contribution in [0.2, 0.25) is 0 Å². The van der Waals surface area contributed by atoms with Gasteiger partial charge in [0.05, 0.1) is 52.4 Å². The molecule has 0 saturated heterocycles. The Morgan fingerprint density at radius 3 is 1.12 bits per heavy atom. The molecule has 0 N–H and O–H groups in total. The van der Waals surface area contributed by atoms with Crippen molar-refractivity contribution in [2.75, 3.05) is 39.6 Å². The SMILES string of the molecule is C=Cn1cc[n+](CCCCCCOc2cc3c4cc(OCCC)c(OCCC)cc4c4cc(OCCC)c(OCCC)cc4c3cc2OCCC)c1. The van der Waals surface area contributed by atoms with E-state index in [0.717, 1.165) is 131 Å². The first-order chi connectivity index (χ1) is 25.5. The van der Waals surface area contributed by atoms with E-state index in [1.807, 2.05) is 10.8 Å². The van der Waals surface area contributed by atoms with Crippen LogP contribution < -0.4 is 33.0 Å². The van der Waals surface area contributed by atoms with E-state index in [1.165, 1.54) is 0 Å². The third-order valence-electron chi connectivity index (χ3n) is 8.92. The van der Waals surface area contributed by atoms with Crippen molar-refractivity contribution in [1.29, 1.82) is 0 Å². The first-order valence-electron chi connectivity index (χ1n) is 19.6. The molecule has 5 rings (SSSR count). The van der Waals surface area contributed by atoms with Gasteiger partial charge in [0.2, 0.25) is 6.33 Å². The summed E-state index contributed by atoms with van der Waals surface area (Å²) in [7, 11) is 0. The minimum Gasteiger partial charge on any atom is -0.490 e. The van der Waals surface area contributed by atoms with Crippen molar-refractivity contribution in [3.63, 3.8) is 0 Å². The van der Waals surface area contributed by atoms with Crippen molar-refractivity contribution in [2.45, 2.75) is 99.0 Å². The smallest absolute Gasteiger partial charge is 0.248 e. The Hall–Kier alpha value is -4.59. The quantitative estimate of drug-likeness (QED) is 0.0361. The molecule has 0 saturated carbocycles. The average molecular weight is 712 g/mol. The maximum Gasteiger partial charge on any atom is 0.248 e. The molecule has 0 radical (unpaired) electrons. The molecule has 0 aliphatic carbocycles. The van der Waals surface area contributed by atoms with E-state index in [0.29, 0.717) is 39.6 Å². The predicted octanol–water partition coefficient (Wildman–Crippen LogP) is 10.9. The number of aromatic nitrogens is 2. The molecule has 0 aliphatic rings. The lowest BCUT2D eigenvalue weighted by atomic mass is 9.93. The summed E-state index contributed by atoms with van der Waals surface area (Å²) in [6.07, 6.45) is 16.8. The lowest BCUT2D eigenvalue weighted by Gasteiger charge is -2.20. The zero-order valence-corrected chi connectivity index (χ0v) is 32.1. The summed E-state index contributed by atoms with van der Waals surface area (Å²) in [5.74, 6) is 4.52. The average Bonchev–Trinajstić information content (AvgIpc) is 3.64. The van der Waals surface area contributed by atoms with Crippen molar-refractivity contribution in [3.05, 3.63) is 61.7 Å². The second-order valence-corrected chi connectivity index (χ2v) is 13.3. The summed E-state index contributed by atoms with van der Waals surface area (Å²) in [6.45, 7) is 19.1. The monoisotopic (exact) mass is 711 g/mol. The van der Waals surface area contributed by atoms with E-state index in [-0.39, 0.29) is 0 Å². The molecular formula is C44H59N2O6+. The molecular weight excluding hydrogens is 652 g/mol. The first-order valence-corrected chi connectivity index (χ1v) is 19.6. The molecule has 0 spiro atoms. The number of ether oxygens (including phenoxy) is 6. The van der Waals surface area contributed by atoms with Crippen molar-refractivity contribution < 1.29 is 33.0 Å². The van der Waals surface area contributed by atoms with E-state index in [1.54, 1.807) is 6.20 Å². The fourth-order valence-electron chi connectivity index (χ4n) is 6.34. The minimum absolute atomic E-state index is 0.603. The zero-order valence-electron chi connectivity index (χ0n) is 32.1.